The molecular formula is C11H15N5OS. The zero-order valence-corrected chi connectivity index (χ0v) is 11.1. The number of nitrogens with zero attached hydrogens (tertiary/aromatic N) is 3. The number of amides is 1. The number of carbonyl (C=O) groups is 1. The van der Waals surface area contributed by atoms with Gasteiger partial charge in [0.2, 0.25) is 0 Å². The highest BCUT2D eigenvalue weighted by Gasteiger charge is 2.14. The molecule has 1 amide bonds. The van der Waals surface area contributed by atoms with E-state index in [0.29, 0.717) is 12.2 Å². The lowest BCUT2D eigenvalue weighted by Gasteiger charge is -2.00. The van der Waals surface area contributed by atoms with E-state index in [1.165, 1.54) is 9.56 Å². The Morgan fingerprint density at radius 1 is 1.61 bits per heavy atom. The maximum Gasteiger partial charge on any atom is 0.274 e. The minimum Gasteiger partial charge on any atom is -0.396 e. The average molecular weight is 265 g/mol. The van der Waals surface area contributed by atoms with Crippen molar-refractivity contribution in [2.45, 2.75) is 19.9 Å². The molecule has 0 bridgehead atoms. The van der Waals surface area contributed by atoms with Crippen LogP contribution in [0.1, 0.15) is 27.3 Å². The van der Waals surface area contributed by atoms with Crippen LogP contribution in [-0.4, -0.2) is 20.7 Å². The molecular weight excluding hydrogens is 250 g/mol. The molecule has 3 N–H and O–H groups in total. The van der Waals surface area contributed by atoms with E-state index in [2.05, 4.69) is 22.3 Å². The van der Waals surface area contributed by atoms with Gasteiger partial charge in [-0.2, -0.15) is 5.10 Å². The van der Waals surface area contributed by atoms with Gasteiger partial charge in [-0.3, -0.25) is 9.48 Å². The average Bonchev–Trinajstić information content (AvgIpc) is 2.92. The van der Waals surface area contributed by atoms with E-state index in [-0.39, 0.29) is 11.6 Å². The number of hydrogen-bond acceptors (Lipinski definition) is 5. The first kappa shape index (κ1) is 12.6. The zero-order valence-electron chi connectivity index (χ0n) is 10.3. The minimum absolute atomic E-state index is 0.254. The Kier molecular flexibility index (Phi) is 3.61. The molecule has 0 aliphatic carbocycles. The molecule has 0 aliphatic rings. The van der Waals surface area contributed by atoms with Crippen molar-refractivity contribution < 1.29 is 4.79 Å². The Labute approximate surface area is 109 Å². The summed E-state index contributed by atoms with van der Waals surface area (Å²) in [6, 6.07) is 0. The van der Waals surface area contributed by atoms with Crippen molar-refractivity contribution in [3.8, 4) is 0 Å². The molecule has 0 atom stereocenters. The van der Waals surface area contributed by atoms with Gasteiger partial charge in [0.25, 0.3) is 5.91 Å². The van der Waals surface area contributed by atoms with Crippen LogP contribution in [0.5, 0.6) is 0 Å². The molecule has 0 fully saturated rings. The molecule has 0 aliphatic heterocycles. The van der Waals surface area contributed by atoms with Crippen LogP contribution in [0.3, 0.4) is 0 Å². The summed E-state index contributed by atoms with van der Waals surface area (Å²) in [5, 5.41) is 7.65. The van der Waals surface area contributed by atoms with Crippen LogP contribution in [-0.2, 0) is 20.0 Å². The van der Waals surface area contributed by atoms with Crippen molar-refractivity contribution in [2.75, 3.05) is 5.73 Å². The van der Waals surface area contributed by atoms with Crippen LogP contribution >= 0.6 is 11.3 Å². The highest BCUT2D eigenvalue weighted by atomic mass is 32.1. The van der Waals surface area contributed by atoms with Gasteiger partial charge >= 0.3 is 0 Å². The summed E-state index contributed by atoms with van der Waals surface area (Å²) in [7, 11) is 1.72. The lowest BCUT2D eigenvalue weighted by molar-refractivity contribution is 0.0946. The van der Waals surface area contributed by atoms with Gasteiger partial charge in [0.05, 0.1) is 12.2 Å². The predicted molar refractivity (Wildman–Crippen MR) is 70.3 cm³/mol. The Balaban J connectivity index is 1.98. The van der Waals surface area contributed by atoms with Crippen LogP contribution < -0.4 is 11.1 Å². The highest BCUT2D eigenvalue weighted by Crippen LogP contribution is 2.13. The highest BCUT2D eigenvalue weighted by molar-refractivity contribution is 7.11. The van der Waals surface area contributed by atoms with E-state index < -0.39 is 0 Å². The van der Waals surface area contributed by atoms with Crippen LogP contribution in [0.15, 0.2) is 12.4 Å². The minimum atomic E-state index is -0.277. The van der Waals surface area contributed by atoms with Crippen LogP contribution in [0.2, 0.25) is 0 Å². The Bertz CT molecular complexity index is 560. The molecule has 0 unspecified atom stereocenters. The number of thiazole rings is 1. The second-order valence-electron chi connectivity index (χ2n) is 3.86. The first-order valence-electron chi connectivity index (χ1n) is 5.61. The van der Waals surface area contributed by atoms with E-state index in [1.54, 1.807) is 24.6 Å². The zero-order chi connectivity index (χ0) is 13.1. The lowest BCUT2D eigenvalue weighted by atomic mass is 10.3. The van der Waals surface area contributed by atoms with E-state index in [9.17, 15) is 4.79 Å². The van der Waals surface area contributed by atoms with Gasteiger partial charge < -0.3 is 11.1 Å². The first-order chi connectivity index (χ1) is 8.60. The molecule has 0 aromatic carbocycles. The lowest BCUT2D eigenvalue weighted by Crippen LogP contribution is -2.24. The third kappa shape index (κ3) is 2.67. The number of nitrogens with two attached hydrogens (primary N) is 1. The molecule has 0 saturated heterocycles. The number of aromatic nitrogens is 3. The number of aryl methyl sites for hydroxylation is 2. The van der Waals surface area contributed by atoms with Crippen molar-refractivity contribution in [2.24, 2.45) is 7.05 Å². The summed E-state index contributed by atoms with van der Waals surface area (Å²) < 4.78 is 1.52. The summed E-state index contributed by atoms with van der Waals surface area (Å²) >= 11 is 1.60. The second-order valence-corrected chi connectivity index (χ2v) is 5.06. The largest absolute Gasteiger partial charge is 0.396 e. The monoisotopic (exact) mass is 265 g/mol. The van der Waals surface area contributed by atoms with Gasteiger partial charge in [-0.25, -0.2) is 4.98 Å². The molecule has 2 aromatic rings. The molecule has 0 spiro atoms. The standard InChI is InChI=1S/C11H15N5OS/c1-3-7-4-13-9(18-7)5-14-11(17)10-8(12)6-16(2)15-10/h4,6H,3,5,12H2,1-2H3,(H,14,17). The summed E-state index contributed by atoms with van der Waals surface area (Å²) in [6.07, 6.45) is 4.40. The molecule has 0 saturated carbocycles. The van der Waals surface area contributed by atoms with Crippen molar-refractivity contribution in [3.05, 3.63) is 28.0 Å². The Morgan fingerprint density at radius 2 is 2.39 bits per heavy atom. The van der Waals surface area contributed by atoms with Crippen LogP contribution in [0, 0.1) is 0 Å². The van der Waals surface area contributed by atoms with Crippen LogP contribution in [0.25, 0.3) is 0 Å². The summed E-state index contributed by atoms with van der Waals surface area (Å²) in [4.78, 5) is 17.3. The number of rotatable bonds is 4. The second kappa shape index (κ2) is 5.18. The number of anilines is 1. The number of nitrogen functional groups attached to an aromatic ring is 1. The number of carbonyl (C=O) groups excluding carboxylic acids is 1. The normalized spacial score (nSPS) is 10.6. The Morgan fingerprint density at radius 3 is 2.94 bits per heavy atom. The summed E-state index contributed by atoms with van der Waals surface area (Å²) in [6.45, 7) is 2.48. The predicted octanol–water partition coefficient (Wildman–Crippen LogP) is 0.951. The van der Waals surface area contributed by atoms with Gasteiger partial charge in [-0.15, -0.1) is 11.3 Å². The molecule has 2 aromatic heterocycles. The van der Waals surface area contributed by atoms with Crippen molar-refractivity contribution in [1.29, 1.82) is 0 Å². The smallest absolute Gasteiger partial charge is 0.274 e. The third-order valence-corrected chi connectivity index (χ3v) is 3.56. The van der Waals surface area contributed by atoms with Crippen molar-refractivity contribution >= 4 is 22.9 Å². The van der Waals surface area contributed by atoms with Gasteiger partial charge in [0.1, 0.15) is 5.01 Å². The van der Waals surface area contributed by atoms with E-state index >= 15 is 0 Å². The molecule has 2 heterocycles. The maximum absolute atomic E-state index is 11.8. The third-order valence-electron chi connectivity index (χ3n) is 2.42. The van der Waals surface area contributed by atoms with Crippen molar-refractivity contribution in [1.82, 2.24) is 20.1 Å². The van der Waals surface area contributed by atoms with Crippen molar-refractivity contribution in [3.63, 3.8) is 0 Å². The van der Waals surface area contributed by atoms with Crippen LogP contribution in [0.4, 0.5) is 5.69 Å². The molecule has 7 heteroatoms. The van der Waals surface area contributed by atoms with Gasteiger partial charge in [-0.05, 0) is 6.42 Å². The summed E-state index contributed by atoms with van der Waals surface area (Å²) in [5.41, 5.74) is 6.31. The molecule has 0 radical (unpaired) electrons. The molecule has 18 heavy (non-hydrogen) atoms. The van der Waals surface area contributed by atoms with Gasteiger partial charge in [-0.1, -0.05) is 6.92 Å². The van der Waals surface area contributed by atoms with E-state index in [1.807, 2.05) is 6.20 Å². The quantitative estimate of drug-likeness (QED) is 0.862. The van der Waals surface area contributed by atoms with Gasteiger partial charge in [0, 0.05) is 24.3 Å². The summed E-state index contributed by atoms with van der Waals surface area (Å²) in [5.74, 6) is -0.277. The fourth-order valence-electron chi connectivity index (χ4n) is 1.52. The molecule has 96 valence electrons. The maximum atomic E-state index is 11.8. The molecule has 6 nitrogen and oxygen atoms in total. The first-order valence-corrected chi connectivity index (χ1v) is 6.42. The van der Waals surface area contributed by atoms with E-state index in [0.717, 1.165) is 11.4 Å². The fraction of sp³-hybridized carbons (Fsp3) is 0.364. The number of hydrogen-bond donors (Lipinski definition) is 2. The number of nitrogens with one attached hydrogen (secondary N) is 1. The SMILES string of the molecule is CCc1cnc(CNC(=O)c2nn(C)cc2N)s1. The van der Waals surface area contributed by atoms with Gasteiger partial charge in [0.15, 0.2) is 5.69 Å². The van der Waals surface area contributed by atoms with E-state index in [4.69, 9.17) is 5.73 Å². The Hall–Kier alpha value is -1.89. The molecule has 2 rings (SSSR count). The fourth-order valence-corrected chi connectivity index (χ4v) is 2.32. The topological polar surface area (TPSA) is 85.8 Å².